The molecule has 2 aromatic rings. The van der Waals surface area contributed by atoms with E-state index in [4.69, 9.17) is 23.2 Å². The molecule has 156 valence electrons. The summed E-state index contributed by atoms with van der Waals surface area (Å²) in [5.74, 6) is -0.632. The average Bonchev–Trinajstić information content (AvgIpc) is 2.67. The smallest absolute Gasteiger partial charge is 0.224 e. The zero-order valence-electron chi connectivity index (χ0n) is 17.0. The van der Waals surface area contributed by atoms with Crippen LogP contribution in [0.3, 0.4) is 0 Å². The van der Waals surface area contributed by atoms with Crippen LogP contribution in [0.4, 0.5) is 4.39 Å². The van der Waals surface area contributed by atoms with Crippen molar-refractivity contribution in [2.24, 2.45) is 5.92 Å². The lowest BCUT2D eigenvalue weighted by Gasteiger charge is -2.45. The van der Waals surface area contributed by atoms with E-state index in [1.807, 2.05) is 19.9 Å². The Hall–Kier alpha value is -1.62. The first-order chi connectivity index (χ1) is 13.7. The molecule has 6 heteroatoms. The van der Waals surface area contributed by atoms with Gasteiger partial charge in [0.05, 0.1) is 6.04 Å². The molecule has 3 rings (SSSR count). The molecule has 1 aliphatic rings. The van der Waals surface area contributed by atoms with Crippen LogP contribution in [-0.4, -0.2) is 30.9 Å². The van der Waals surface area contributed by atoms with Gasteiger partial charge in [-0.25, -0.2) is 4.39 Å². The molecule has 0 aliphatic carbocycles. The summed E-state index contributed by atoms with van der Waals surface area (Å²) in [6.07, 6.45) is 1.61. The van der Waals surface area contributed by atoms with Gasteiger partial charge in [-0.2, -0.15) is 0 Å². The van der Waals surface area contributed by atoms with E-state index in [1.165, 1.54) is 6.07 Å². The number of nitrogens with zero attached hydrogens (tertiary/aromatic N) is 1. The van der Waals surface area contributed by atoms with Gasteiger partial charge in [0, 0.05) is 21.4 Å². The highest BCUT2D eigenvalue weighted by Crippen LogP contribution is 2.42. The van der Waals surface area contributed by atoms with Gasteiger partial charge in [0.25, 0.3) is 0 Å². The number of carbonyl (C=O) groups is 1. The van der Waals surface area contributed by atoms with Crippen molar-refractivity contribution in [2.45, 2.75) is 38.1 Å². The average molecular weight is 437 g/mol. The van der Waals surface area contributed by atoms with Crippen LogP contribution in [0.2, 0.25) is 10.0 Å². The van der Waals surface area contributed by atoms with Crippen molar-refractivity contribution in [1.29, 1.82) is 0 Å². The Balaban J connectivity index is 1.85. The van der Waals surface area contributed by atoms with E-state index in [9.17, 15) is 9.18 Å². The lowest BCUT2D eigenvalue weighted by atomic mass is 9.64. The Bertz CT molecular complexity index is 861. The molecule has 0 aromatic heterocycles. The number of nitrogens with one attached hydrogen (secondary N) is 1. The quantitative estimate of drug-likeness (QED) is 0.660. The van der Waals surface area contributed by atoms with Gasteiger partial charge in [-0.3, -0.25) is 4.79 Å². The molecule has 2 unspecified atom stereocenters. The lowest BCUT2D eigenvalue weighted by Crippen LogP contribution is -2.50. The van der Waals surface area contributed by atoms with Crippen LogP contribution < -0.4 is 5.32 Å². The van der Waals surface area contributed by atoms with E-state index in [2.05, 4.69) is 17.3 Å². The first-order valence-corrected chi connectivity index (χ1v) is 10.7. The molecule has 1 saturated heterocycles. The summed E-state index contributed by atoms with van der Waals surface area (Å²) in [4.78, 5) is 15.5. The molecule has 1 amide bonds. The van der Waals surface area contributed by atoms with Gasteiger partial charge >= 0.3 is 0 Å². The van der Waals surface area contributed by atoms with Crippen molar-refractivity contribution < 1.29 is 9.18 Å². The first kappa shape index (κ1) is 22.1. The third kappa shape index (κ3) is 4.93. The number of likely N-dealkylation sites (tertiary alicyclic amines) is 1. The van der Waals surface area contributed by atoms with E-state index in [0.717, 1.165) is 37.1 Å². The predicted octanol–water partition coefficient (Wildman–Crippen LogP) is 5.61. The maximum absolute atomic E-state index is 14.0. The maximum atomic E-state index is 14.0. The van der Waals surface area contributed by atoms with Crippen LogP contribution in [0.25, 0.3) is 0 Å². The standard InChI is InChI=1S/C23H27Cl2FN2O/c1-15(22(29)27-16(2)17-11-19(24)14-20(25)12-17)23(7-9-28(3)10-8-23)18-5-4-6-21(26)13-18/h4-6,11-16H,7-10H2,1-3H3,(H,27,29). The van der Waals surface area contributed by atoms with Gasteiger partial charge < -0.3 is 10.2 Å². The summed E-state index contributed by atoms with van der Waals surface area (Å²) in [6.45, 7) is 5.60. The van der Waals surface area contributed by atoms with E-state index in [0.29, 0.717) is 10.0 Å². The summed E-state index contributed by atoms with van der Waals surface area (Å²) in [7, 11) is 2.07. The number of hydrogen-bond donors (Lipinski definition) is 1. The van der Waals surface area contributed by atoms with Crippen molar-refractivity contribution in [3.63, 3.8) is 0 Å². The molecule has 2 aromatic carbocycles. The molecule has 0 saturated carbocycles. The second kappa shape index (κ2) is 9.03. The van der Waals surface area contributed by atoms with Crippen LogP contribution in [0, 0.1) is 11.7 Å². The Morgan fingerprint density at radius 1 is 1.10 bits per heavy atom. The fraction of sp³-hybridized carbons (Fsp3) is 0.435. The van der Waals surface area contributed by atoms with Crippen LogP contribution >= 0.6 is 23.2 Å². The molecule has 3 nitrogen and oxygen atoms in total. The van der Waals surface area contributed by atoms with Crippen molar-refractivity contribution in [3.05, 3.63) is 69.5 Å². The second-order valence-corrected chi connectivity index (χ2v) is 9.00. The summed E-state index contributed by atoms with van der Waals surface area (Å²) in [5.41, 5.74) is 1.35. The molecule has 0 bridgehead atoms. The fourth-order valence-corrected chi connectivity index (χ4v) is 4.83. The van der Waals surface area contributed by atoms with Gasteiger partial charge in [-0.15, -0.1) is 0 Å². The number of carbonyl (C=O) groups excluding carboxylic acids is 1. The largest absolute Gasteiger partial charge is 0.349 e. The molecule has 2 atom stereocenters. The number of benzene rings is 2. The molecular weight excluding hydrogens is 410 g/mol. The SMILES string of the molecule is CC(NC(=O)C(C)C1(c2cccc(F)c2)CCN(C)CC1)c1cc(Cl)cc(Cl)c1. The normalized spacial score (nSPS) is 18.8. The predicted molar refractivity (Wildman–Crippen MR) is 117 cm³/mol. The number of rotatable bonds is 5. The van der Waals surface area contributed by atoms with Crippen LogP contribution in [-0.2, 0) is 10.2 Å². The van der Waals surface area contributed by atoms with E-state index in [1.54, 1.807) is 30.3 Å². The van der Waals surface area contributed by atoms with Crippen molar-refractivity contribution in [2.75, 3.05) is 20.1 Å². The minimum absolute atomic E-state index is 0.0533. The van der Waals surface area contributed by atoms with Gasteiger partial charge in [0.2, 0.25) is 5.91 Å². The number of amides is 1. The zero-order chi connectivity index (χ0) is 21.2. The highest BCUT2D eigenvalue weighted by atomic mass is 35.5. The summed E-state index contributed by atoms with van der Waals surface area (Å²) >= 11 is 12.2. The van der Waals surface area contributed by atoms with Crippen LogP contribution in [0.15, 0.2) is 42.5 Å². The number of hydrogen-bond acceptors (Lipinski definition) is 2. The monoisotopic (exact) mass is 436 g/mol. The topological polar surface area (TPSA) is 32.3 Å². The van der Waals surface area contributed by atoms with Crippen molar-refractivity contribution >= 4 is 29.1 Å². The Morgan fingerprint density at radius 3 is 2.31 bits per heavy atom. The minimum Gasteiger partial charge on any atom is -0.349 e. The van der Waals surface area contributed by atoms with Crippen LogP contribution in [0.1, 0.15) is 43.9 Å². The molecule has 1 N–H and O–H groups in total. The highest BCUT2D eigenvalue weighted by Gasteiger charge is 2.43. The summed E-state index contributed by atoms with van der Waals surface area (Å²) in [6, 6.07) is 11.7. The third-order valence-corrected chi connectivity index (χ3v) is 6.68. The maximum Gasteiger partial charge on any atom is 0.224 e. The van der Waals surface area contributed by atoms with Gasteiger partial charge in [-0.05, 0) is 81.4 Å². The lowest BCUT2D eigenvalue weighted by molar-refractivity contribution is -0.128. The first-order valence-electron chi connectivity index (χ1n) is 9.92. The second-order valence-electron chi connectivity index (χ2n) is 8.12. The highest BCUT2D eigenvalue weighted by molar-refractivity contribution is 6.34. The van der Waals surface area contributed by atoms with Gasteiger partial charge in [0.15, 0.2) is 0 Å². The van der Waals surface area contributed by atoms with Crippen molar-refractivity contribution in [1.82, 2.24) is 10.2 Å². The Kier molecular flexibility index (Phi) is 6.87. The molecule has 0 radical (unpaired) electrons. The molecule has 29 heavy (non-hydrogen) atoms. The third-order valence-electron chi connectivity index (χ3n) is 6.24. The molecule has 0 spiro atoms. The fourth-order valence-electron chi connectivity index (χ4n) is 4.29. The minimum atomic E-state index is -0.398. The van der Waals surface area contributed by atoms with Crippen molar-refractivity contribution in [3.8, 4) is 0 Å². The van der Waals surface area contributed by atoms with Gasteiger partial charge in [0.1, 0.15) is 5.82 Å². The Labute approximate surface area is 182 Å². The van der Waals surface area contributed by atoms with Crippen LogP contribution in [0.5, 0.6) is 0 Å². The van der Waals surface area contributed by atoms with E-state index < -0.39 is 5.41 Å². The molecule has 1 aliphatic heterocycles. The number of halogens is 3. The summed E-state index contributed by atoms with van der Waals surface area (Å²) < 4.78 is 14.0. The van der Waals surface area contributed by atoms with E-state index in [-0.39, 0.29) is 23.7 Å². The molecular formula is C23H27Cl2FN2O. The molecule has 1 heterocycles. The van der Waals surface area contributed by atoms with E-state index >= 15 is 0 Å². The molecule has 1 fully saturated rings. The number of piperidine rings is 1. The Morgan fingerprint density at radius 2 is 1.72 bits per heavy atom. The van der Waals surface area contributed by atoms with Gasteiger partial charge in [-0.1, -0.05) is 42.3 Å². The zero-order valence-corrected chi connectivity index (χ0v) is 18.5. The summed E-state index contributed by atoms with van der Waals surface area (Å²) in [5, 5.41) is 4.18.